The summed E-state index contributed by atoms with van der Waals surface area (Å²) in [5, 5.41) is 6.09. The van der Waals surface area contributed by atoms with E-state index in [9.17, 15) is 18.0 Å². The van der Waals surface area contributed by atoms with Gasteiger partial charge in [-0.15, -0.1) is 0 Å². The molecule has 0 aliphatic carbocycles. The van der Waals surface area contributed by atoms with Crippen molar-refractivity contribution in [1.29, 1.82) is 0 Å². The number of furan rings is 1. The maximum Gasteiger partial charge on any atom is 0.329 e. The van der Waals surface area contributed by atoms with E-state index in [0.717, 1.165) is 11.1 Å². The summed E-state index contributed by atoms with van der Waals surface area (Å²) in [7, 11) is -2.34. The molecule has 0 bridgehead atoms. The second kappa shape index (κ2) is 12.8. The van der Waals surface area contributed by atoms with Gasteiger partial charge in [0.05, 0.1) is 24.3 Å². The Morgan fingerprint density at radius 1 is 1.00 bits per heavy atom. The van der Waals surface area contributed by atoms with Crippen LogP contribution in [0.2, 0.25) is 0 Å². The Morgan fingerprint density at radius 3 is 2.42 bits per heavy atom. The van der Waals surface area contributed by atoms with Gasteiger partial charge in [0.25, 0.3) is 0 Å². The first-order chi connectivity index (χ1) is 17.3. The number of nitrogens with zero attached hydrogens (tertiary/aromatic N) is 2. The van der Waals surface area contributed by atoms with E-state index in [0.29, 0.717) is 5.76 Å². The van der Waals surface area contributed by atoms with Gasteiger partial charge in [-0.25, -0.2) is 13.8 Å². The number of hydrogen-bond donors (Lipinski definition) is 2. The predicted molar refractivity (Wildman–Crippen MR) is 133 cm³/mol. The number of hydrogen-bond acceptors (Lipinski definition) is 7. The summed E-state index contributed by atoms with van der Waals surface area (Å²) in [6.07, 6.45) is 1.22. The molecule has 0 spiro atoms. The molecule has 10 nitrogen and oxygen atoms in total. The van der Waals surface area contributed by atoms with Crippen LogP contribution in [0.25, 0.3) is 0 Å². The zero-order valence-electron chi connectivity index (χ0n) is 20.0. The van der Waals surface area contributed by atoms with Gasteiger partial charge in [-0.1, -0.05) is 48.0 Å². The number of rotatable bonds is 11. The predicted octanol–water partition coefficient (Wildman–Crippen LogP) is 2.19. The Morgan fingerprint density at radius 2 is 1.72 bits per heavy atom. The maximum absolute atomic E-state index is 13.4. The van der Waals surface area contributed by atoms with E-state index in [1.54, 1.807) is 36.4 Å². The van der Waals surface area contributed by atoms with Gasteiger partial charge in [-0.05, 0) is 36.8 Å². The molecule has 1 aromatic heterocycles. The van der Waals surface area contributed by atoms with Gasteiger partial charge >= 0.3 is 11.8 Å². The van der Waals surface area contributed by atoms with Crippen molar-refractivity contribution in [3.8, 4) is 0 Å². The van der Waals surface area contributed by atoms with Crippen molar-refractivity contribution in [2.24, 2.45) is 5.10 Å². The molecule has 0 unspecified atom stereocenters. The van der Waals surface area contributed by atoms with Crippen LogP contribution in [-0.4, -0.2) is 51.0 Å². The average Bonchev–Trinajstić information content (AvgIpc) is 3.31. The molecule has 190 valence electrons. The summed E-state index contributed by atoms with van der Waals surface area (Å²) in [5.41, 5.74) is 3.89. The van der Waals surface area contributed by atoms with Crippen LogP contribution < -0.4 is 10.7 Å². The summed E-state index contributed by atoms with van der Waals surface area (Å²) < 4.78 is 38.7. The third kappa shape index (κ3) is 7.60. The molecule has 0 atom stereocenters. The Balaban J connectivity index is 1.71. The number of ether oxygens (including phenoxy) is 1. The quantitative estimate of drug-likeness (QED) is 0.175. The van der Waals surface area contributed by atoms with Crippen molar-refractivity contribution in [2.75, 3.05) is 20.3 Å². The van der Waals surface area contributed by atoms with E-state index in [1.165, 1.54) is 17.6 Å². The van der Waals surface area contributed by atoms with Crippen LogP contribution in [0.15, 0.2) is 81.1 Å². The van der Waals surface area contributed by atoms with Gasteiger partial charge in [0, 0.05) is 20.2 Å². The molecule has 0 saturated heterocycles. The van der Waals surface area contributed by atoms with Crippen LogP contribution in [0.3, 0.4) is 0 Å². The molecule has 0 saturated carbocycles. The van der Waals surface area contributed by atoms with Crippen LogP contribution in [-0.2, 0) is 37.4 Å². The highest BCUT2D eigenvalue weighted by molar-refractivity contribution is 7.89. The van der Waals surface area contributed by atoms with Crippen LogP contribution in [0.5, 0.6) is 0 Å². The number of nitrogens with one attached hydrogen (secondary N) is 2. The van der Waals surface area contributed by atoms with Crippen LogP contribution in [0.1, 0.15) is 22.6 Å². The highest BCUT2D eigenvalue weighted by Crippen LogP contribution is 2.22. The molecule has 11 heteroatoms. The van der Waals surface area contributed by atoms with E-state index in [-0.39, 0.29) is 36.9 Å². The average molecular weight is 513 g/mol. The highest BCUT2D eigenvalue weighted by Gasteiger charge is 2.26. The number of amides is 2. The lowest BCUT2D eigenvalue weighted by molar-refractivity contribution is -0.139. The highest BCUT2D eigenvalue weighted by atomic mass is 32.2. The standard InChI is InChI=1S/C25H28N4O6S/c1-19-8-12-23(13-9-19)36(32,33)29(17-20-6-4-3-5-7-20)18-22-11-10-21(35-22)16-27-28-25(31)24(30)26-14-15-34-2/h3-13,16H,14-15,17-18H2,1-2H3,(H,26,30)(H,28,31)/b27-16+. The summed E-state index contributed by atoms with van der Waals surface area (Å²) in [6, 6.07) is 19.1. The van der Waals surface area contributed by atoms with Crippen LogP contribution in [0.4, 0.5) is 0 Å². The Bertz CT molecular complexity index is 1290. The second-order valence-corrected chi connectivity index (χ2v) is 9.76. The fourth-order valence-corrected chi connectivity index (χ4v) is 4.54. The zero-order chi connectivity index (χ0) is 26.0. The lowest BCUT2D eigenvalue weighted by Gasteiger charge is -2.21. The number of sulfonamides is 1. The van der Waals surface area contributed by atoms with Gasteiger partial charge in [0.1, 0.15) is 11.5 Å². The molecule has 3 rings (SSSR count). The molecular formula is C25H28N4O6S. The molecule has 2 N–H and O–H groups in total. The van der Waals surface area contributed by atoms with Crippen LogP contribution in [0, 0.1) is 6.92 Å². The lowest BCUT2D eigenvalue weighted by atomic mass is 10.2. The molecule has 2 aromatic carbocycles. The first-order valence-electron chi connectivity index (χ1n) is 11.1. The SMILES string of the molecule is COCCNC(=O)C(=O)N/N=C/c1ccc(CN(Cc2ccccc2)S(=O)(=O)c2ccc(C)cc2)o1. The third-order valence-electron chi connectivity index (χ3n) is 5.03. The van der Waals surface area contributed by atoms with E-state index in [2.05, 4.69) is 15.8 Å². The molecular weight excluding hydrogens is 484 g/mol. The first-order valence-corrected chi connectivity index (χ1v) is 12.5. The molecule has 1 heterocycles. The monoisotopic (exact) mass is 512 g/mol. The Kier molecular flexibility index (Phi) is 9.51. The number of carbonyl (C=O) groups excluding carboxylic acids is 2. The molecule has 36 heavy (non-hydrogen) atoms. The minimum atomic E-state index is -3.82. The second-order valence-electron chi connectivity index (χ2n) is 7.82. The van der Waals surface area contributed by atoms with Gasteiger partial charge in [0.15, 0.2) is 0 Å². The Hall–Kier alpha value is -3.80. The third-order valence-corrected chi connectivity index (χ3v) is 6.84. The normalized spacial score (nSPS) is 11.6. The van der Waals surface area contributed by atoms with Crippen molar-refractivity contribution in [2.45, 2.75) is 24.9 Å². The van der Waals surface area contributed by atoms with Gasteiger partial charge < -0.3 is 14.5 Å². The largest absolute Gasteiger partial charge is 0.459 e. The smallest absolute Gasteiger partial charge is 0.329 e. The first kappa shape index (κ1) is 26.8. The maximum atomic E-state index is 13.4. The molecule has 0 aliphatic heterocycles. The molecule has 3 aromatic rings. The fourth-order valence-electron chi connectivity index (χ4n) is 3.15. The number of hydrazone groups is 1. The Labute approximate surface area is 210 Å². The van der Waals surface area contributed by atoms with Crippen molar-refractivity contribution >= 4 is 28.1 Å². The number of aryl methyl sites for hydroxylation is 1. The summed E-state index contributed by atoms with van der Waals surface area (Å²) in [6.45, 7) is 2.49. The minimum absolute atomic E-state index is 0.0206. The lowest BCUT2D eigenvalue weighted by Crippen LogP contribution is -2.39. The van der Waals surface area contributed by atoms with Gasteiger partial charge in [0.2, 0.25) is 10.0 Å². The molecule has 2 amide bonds. The topological polar surface area (TPSA) is 130 Å². The molecule has 0 radical (unpaired) electrons. The number of benzene rings is 2. The number of methoxy groups -OCH3 is 1. The minimum Gasteiger partial charge on any atom is -0.459 e. The van der Waals surface area contributed by atoms with Gasteiger partial charge in [-0.3, -0.25) is 9.59 Å². The molecule has 0 fully saturated rings. The van der Waals surface area contributed by atoms with Crippen molar-refractivity contribution in [3.63, 3.8) is 0 Å². The summed E-state index contributed by atoms with van der Waals surface area (Å²) in [5.74, 6) is -1.13. The number of carbonyl (C=O) groups is 2. The van der Waals surface area contributed by atoms with Gasteiger partial charge in [-0.2, -0.15) is 9.41 Å². The summed E-state index contributed by atoms with van der Waals surface area (Å²) >= 11 is 0. The molecule has 0 aliphatic rings. The van der Waals surface area contributed by atoms with Crippen molar-refractivity contribution in [3.05, 3.63) is 89.4 Å². The van der Waals surface area contributed by atoms with Crippen molar-refractivity contribution in [1.82, 2.24) is 15.0 Å². The van der Waals surface area contributed by atoms with E-state index >= 15 is 0 Å². The van der Waals surface area contributed by atoms with E-state index < -0.39 is 21.8 Å². The van der Waals surface area contributed by atoms with Crippen molar-refractivity contribution < 1.29 is 27.2 Å². The van der Waals surface area contributed by atoms with E-state index in [4.69, 9.17) is 9.15 Å². The fraction of sp³-hybridized carbons (Fsp3) is 0.240. The van der Waals surface area contributed by atoms with Crippen LogP contribution >= 0.6 is 0 Å². The van der Waals surface area contributed by atoms with E-state index in [1.807, 2.05) is 37.3 Å². The summed E-state index contributed by atoms with van der Waals surface area (Å²) in [4.78, 5) is 23.5. The zero-order valence-corrected chi connectivity index (χ0v) is 20.8.